The van der Waals surface area contributed by atoms with Crippen LogP contribution in [0.5, 0.6) is 0 Å². The third-order valence-electron chi connectivity index (χ3n) is 3.62. The molecule has 3 nitrogen and oxygen atoms in total. The third kappa shape index (κ3) is 1.47. The van der Waals surface area contributed by atoms with Gasteiger partial charge in [-0.3, -0.25) is 4.57 Å². The summed E-state index contributed by atoms with van der Waals surface area (Å²) in [5.41, 5.74) is 0.182. The molecule has 2 aliphatic carbocycles. The van der Waals surface area contributed by atoms with Crippen molar-refractivity contribution in [1.29, 1.82) is 0 Å². The minimum absolute atomic E-state index is 0.182. The summed E-state index contributed by atoms with van der Waals surface area (Å²) in [4.78, 5) is 0. The first-order valence-corrected chi connectivity index (χ1v) is 6.52. The summed E-state index contributed by atoms with van der Waals surface area (Å²) in [5, 5.41) is 0. The van der Waals surface area contributed by atoms with Gasteiger partial charge in [0.2, 0.25) is 0 Å². The molecule has 3 atom stereocenters. The molecule has 0 spiro atoms. The first-order valence-electron chi connectivity index (χ1n) is 4.91. The lowest BCUT2D eigenvalue weighted by Crippen LogP contribution is -2.18. The highest BCUT2D eigenvalue weighted by Gasteiger charge is 2.49. The van der Waals surface area contributed by atoms with Crippen LogP contribution in [0.25, 0.3) is 0 Å². The fourth-order valence-corrected chi connectivity index (χ4v) is 4.98. The minimum atomic E-state index is -2.77. The molecule has 4 heteroatoms. The van der Waals surface area contributed by atoms with Gasteiger partial charge < -0.3 is 9.05 Å². The van der Waals surface area contributed by atoms with Crippen molar-refractivity contribution in [2.75, 3.05) is 14.2 Å². The molecule has 0 aliphatic heterocycles. The second kappa shape index (κ2) is 3.38. The van der Waals surface area contributed by atoms with Crippen molar-refractivity contribution in [2.24, 2.45) is 11.8 Å². The molecule has 0 unspecified atom stereocenters. The van der Waals surface area contributed by atoms with E-state index >= 15 is 0 Å². The predicted molar refractivity (Wildman–Crippen MR) is 50.9 cm³/mol. The van der Waals surface area contributed by atoms with Crippen LogP contribution in [0, 0.1) is 11.8 Å². The van der Waals surface area contributed by atoms with Crippen molar-refractivity contribution < 1.29 is 13.6 Å². The molecule has 0 aromatic carbocycles. The fraction of sp³-hybridized carbons (Fsp3) is 1.00. The highest BCUT2D eigenvalue weighted by Crippen LogP contribution is 2.63. The van der Waals surface area contributed by atoms with Crippen LogP contribution < -0.4 is 0 Å². The van der Waals surface area contributed by atoms with Gasteiger partial charge in [-0.05, 0) is 31.1 Å². The molecule has 2 bridgehead atoms. The number of fused-ring (bicyclic) bond motifs is 2. The molecule has 0 amide bonds. The molecule has 13 heavy (non-hydrogen) atoms. The zero-order valence-electron chi connectivity index (χ0n) is 8.23. The molecular formula is C9H17O3P. The van der Waals surface area contributed by atoms with E-state index in [0.29, 0.717) is 5.92 Å². The Morgan fingerprint density at radius 2 is 1.85 bits per heavy atom. The van der Waals surface area contributed by atoms with Gasteiger partial charge in [-0.1, -0.05) is 6.42 Å². The lowest BCUT2D eigenvalue weighted by atomic mass is 10.0. The van der Waals surface area contributed by atoms with Gasteiger partial charge >= 0.3 is 7.60 Å². The molecule has 0 radical (unpaired) electrons. The van der Waals surface area contributed by atoms with Gasteiger partial charge in [0.25, 0.3) is 0 Å². The van der Waals surface area contributed by atoms with Gasteiger partial charge in [-0.2, -0.15) is 0 Å². The zero-order valence-corrected chi connectivity index (χ0v) is 9.13. The quantitative estimate of drug-likeness (QED) is 0.663. The molecule has 0 aromatic rings. The highest BCUT2D eigenvalue weighted by atomic mass is 31.2. The van der Waals surface area contributed by atoms with Gasteiger partial charge in [-0.25, -0.2) is 0 Å². The maximum atomic E-state index is 12.1. The Hall–Kier alpha value is 0.150. The number of hydrogen-bond acceptors (Lipinski definition) is 3. The summed E-state index contributed by atoms with van der Waals surface area (Å²) in [5.74, 6) is 1.38. The van der Waals surface area contributed by atoms with E-state index < -0.39 is 7.60 Å². The molecule has 2 saturated carbocycles. The van der Waals surface area contributed by atoms with E-state index in [-0.39, 0.29) is 5.66 Å². The summed E-state index contributed by atoms with van der Waals surface area (Å²) in [6, 6.07) is 0. The summed E-state index contributed by atoms with van der Waals surface area (Å²) in [6.07, 6.45) is 4.81. The van der Waals surface area contributed by atoms with Crippen LogP contribution in [0.4, 0.5) is 0 Å². The first-order chi connectivity index (χ1) is 6.19. The second-order valence-electron chi connectivity index (χ2n) is 4.15. The summed E-state index contributed by atoms with van der Waals surface area (Å²) in [6.45, 7) is 0. The Labute approximate surface area is 79.3 Å². The molecule has 0 saturated heterocycles. The van der Waals surface area contributed by atoms with Crippen molar-refractivity contribution in [3.63, 3.8) is 0 Å². The van der Waals surface area contributed by atoms with Crippen molar-refractivity contribution in [1.82, 2.24) is 0 Å². The molecule has 0 aromatic heterocycles. The zero-order chi connectivity index (χ0) is 9.47. The molecule has 0 heterocycles. The number of hydrogen-bond donors (Lipinski definition) is 0. The second-order valence-corrected chi connectivity index (χ2v) is 6.62. The van der Waals surface area contributed by atoms with E-state index in [0.717, 1.165) is 12.3 Å². The number of rotatable bonds is 3. The van der Waals surface area contributed by atoms with Crippen LogP contribution >= 0.6 is 7.60 Å². The Bertz CT molecular complexity index is 233. The van der Waals surface area contributed by atoms with Gasteiger partial charge in [-0.15, -0.1) is 0 Å². The largest absolute Gasteiger partial charge is 0.333 e. The van der Waals surface area contributed by atoms with E-state index in [2.05, 4.69) is 0 Å². The first kappa shape index (κ1) is 9.70. The molecule has 0 N–H and O–H groups in total. The average molecular weight is 204 g/mol. The van der Waals surface area contributed by atoms with Crippen LogP contribution in [-0.2, 0) is 13.6 Å². The van der Waals surface area contributed by atoms with E-state index in [1.165, 1.54) is 33.5 Å². The Morgan fingerprint density at radius 3 is 2.23 bits per heavy atom. The summed E-state index contributed by atoms with van der Waals surface area (Å²) in [7, 11) is 0.222. The van der Waals surface area contributed by atoms with Crippen LogP contribution in [0.2, 0.25) is 0 Å². The third-order valence-corrected chi connectivity index (χ3v) is 6.08. The van der Waals surface area contributed by atoms with Crippen LogP contribution in [0.3, 0.4) is 0 Å². The van der Waals surface area contributed by atoms with Gasteiger partial charge in [0.05, 0.1) is 5.66 Å². The maximum absolute atomic E-state index is 12.1. The SMILES string of the molecule is COP(=O)(OC)[C@H]1C[C@@H]2CC[C@H]1C2. The smallest absolute Gasteiger partial charge is 0.312 e. The highest BCUT2D eigenvalue weighted by molar-refractivity contribution is 7.54. The van der Waals surface area contributed by atoms with E-state index in [1.807, 2.05) is 0 Å². The van der Waals surface area contributed by atoms with Crippen molar-refractivity contribution in [3.05, 3.63) is 0 Å². The average Bonchev–Trinajstić information content (AvgIpc) is 2.77. The van der Waals surface area contributed by atoms with E-state index in [9.17, 15) is 4.57 Å². The fourth-order valence-electron chi connectivity index (χ4n) is 2.94. The predicted octanol–water partition coefficient (Wildman–Crippen LogP) is 2.66. The monoisotopic (exact) mass is 204 g/mol. The molecule has 2 aliphatic rings. The molecule has 76 valence electrons. The maximum Gasteiger partial charge on any atom is 0.333 e. The Morgan fingerprint density at radius 1 is 1.15 bits per heavy atom. The minimum Gasteiger partial charge on any atom is -0.312 e. The van der Waals surface area contributed by atoms with Gasteiger partial charge in [0, 0.05) is 14.2 Å². The van der Waals surface area contributed by atoms with Gasteiger partial charge in [0.15, 0.2) is 0 Å². The van der Waals surface area contributed by atoms with E-state index in [4.69, 9.17) is 9.05 Å². The lowest BCUT2D eigenvalue weighted by molar-refractivity contribution is 0.252. The molecule has 2 fully saturated rings. The van der Waals surface area contributed by atoms with Crippen molar-refractivity contribution in [3.8, 4) is 0 Å². The molecule has 2 rings (SSSR count). The topological polar surface area (TPSA) is 35.5 Å². The summed E-state index contributed by atoms with van der Waals surface area (Å²) >= 11 is 0. The summed E-state index contributed by atoms with van der Waals surface area (Å²) < 4.78 is 22.2. The van der Waals surface area contributed by atoms with E-state index in [1.54, 1.807) is 0 Å². The Balaban J connectivity index is 2.13. The standard InChI is InChI=1S/C9H17O3P/c1-11-13(10,12-2)9-6-7-3-4-8(9)5-7/h7-9H,3-6H2,1-2H3/t7-,8+,9+/m1/s1. The van der Waals surface area contributed by atoms with Crippen LogP contribution in [-0.4, -0.2) is 19.9 Å². The van der Waals surface area contributed by atoms with Crippen LogP contribution in [0.15, 0.2) is 0 Å². The van der Waals surface area contributed by atoms with Crippen molar-refractivity contribution >= 4 is 7.60 Å². The molecular weight excluding hydrogens is 187 g/mol. The van der Waals surface area contributed by atoms with Gasteiger partial charge in [0.1, 0.15) is 0 Å². The van der Waals surface area contributed by atoms with Crippen molar-refractivity contribution in [2.45, 2.75) is 31.3 Å². The lowest BCUT2D eigenvalue weighted by Gasteiger charge is -2.27. The van der Waals surface area contributed by atoms with Crippen LogP contribution in [0.1, 0.15) is 25.7 Å². The Kier molecular flexibility index (Phi) is 2.52. The normalized spacial score (nSPS) is 38.5.